The third-order valence-electron chi connectivity index (χ3n) is 5.01. The second kappa shape index (κ2) is 6.71. The largest absolute Gasteiger partial charge is 0.366 e. The molecule has 0 bridgehead atoms. The van der Waals surface area contributed by atoms with E-state index in [2.05, 4.69) is 0 Å². The van der Waals surface area contributed by atoms with Gasteiger partial charge in [0.05, 0.1) is 5.52 Å². The van der Waals surface area contributed by atoms with Crippen LogP contribution in [0.1, 0.15) is 28.4 Å². The fraction of sp³-hybridized carbons (Fsp3) is 0.136. The van der Waals surface area contributed by atoms with Gasteiger partial charge >= 0.3 is 0 Å². The monoisotopic (exact) mass is 382 g/mol. The summed E-state index contributed by atoms with van der Waals surface area (Å²) in [5, 5.41) is 1.51. The number of rotatable bonds is 4. The topological polar surface area (TPSA) is 48.0 Å². The summed E-state index contributed by atoms with van der Waals surface area (Å²) in [4.78, 5) is 11.9. The minimum atomic E-state index is -1.49. The molecule has 1 amide bonds. The van der Waals surface area contributed by atoms with Crippen LogP contribution in [-0.2, 0) is 13.0 Å². The van der Waals surface area contributed by atoms with Crippen molar-refractivity contribution in [1.82, 2.24) is 4.57 Å². The fourth-order valence-corrected chi connectivity index (χ4v) is 3.67. The van der Waals surface area contributed by atoms with E-state index in [9.17, 15) is 18.0 Å². The maximum Gasteiger partial charge on any atom is 0.249 e. The molecule has 0 radical (unpaired) electrons. The van der Waals surface area contributed by atoms with E-state index in [4.69, 9.17) is 5.73 Å². The van der Waals surface area contributed by atoms with Crippen molar-refractivity contribution in [2.75, 3.05) is 0 Å². The van der Waals surface area contributed by atoms with Crippen molar-refractivity contribution < 1.29 is 18.0 Å². The molecule has 4 rings (SSSR count). The molecule has 3 aromatic carbocycles. The van der Waals surface area contributed by atoms with Crippen LogP contribution in [0.15, 0.2) is 48.5 Å². The summed E-state index contributed by atoms with van der Waals surface area (Å²) < 4.78 is 42.6. The average molecular weight is 382 g/mol. The standard InChI is InChI=1S/C22H17F3N2O/c1-2-12-6-7-14-19(10-12)27(11-13-8-16(23)21(25)17(24)9-13)18-5-3-4-15(20(14)18)22(26)28/h3-10H,2,11H2,1H3,(H2,26,28). The predicted octanol–water partition coefficient (Wildman–Crippen LogP) is 4.92. The zero-order valence-electron chi connectivity index (χ0n) is 15.1. The number of amides is 1. The van der Waals surface area contributed by atoms with E-state index in [-0.39, 0.29) is 12.1 Å². The molecule has 0 aliphatic rings. The smallest absolute Gasteiger partial charge is 0.249 e. The van der Waals surface area contributed by atoms with Gasteiger partial charge in [0, 0.05) is 28.4 Å². The molecule has 0 saturated heterocycles. The van der Waals surface area contributed by atoms with Crippen molar-refractivity contribution in [3.05, 3.63) is 82.7 Å². The van der Waals surface area contributed by atoms with E-state index >= 15 is 0 Å². The van der Waals surface area contributed by atoms with E-state index < -0.39 is 23.4 Å². The Morgan fingerprint density at radius 3 is 2.32 bits per heavy atom. The Morgan fingerprint density at radius 2 is 1.68 bits per heavy atom. The maximum atomic E-state index is 13.7. The van der Waals surface area contributed by atoms with Crippen LogP contribution >= 0.6 is 0 Å². The van der Waals surface area contributed by atoms with Crippen molar-refractivity contribution in [3.63, 3.8) is 0 Å². The second-order valence-corrected chi connectivity index (χ2v) is 6.73. The van der Waals surface area contributed by atoms with E-state index in [1.54, 1.807) is 12.1 Å². The molecule has 0 atom stereocenters. The van der Waals surface area contributed by atoms with Crippen LogP contribution in [0, 0.1) is 17.5 Å². The van der Waals surface area contributed by atoms with Crippen molar-refractivity contribution in [1.29, 1.82) is 0 Å². The number of aromatic nitrogens is 1. The van der Waals surface area contributed by atoms with Gasteiger partial charge in [0.2, 0.25) is 5.91 Å². The molecule has 6 heteroatoms. The number of primary amides is 1. The lowest BCUT2D eigenvalue weighted by molar-refractivity contribution is 0.100. The Labute approximate surface area is 159 Å². The van der Waals surface area contributed by atoms with Gasteiger partial charge in [0.15, 0.2) is 17.5 Å². The van der Waals surface area contributed by atoms with Crippen LogP contribution < -0.4 is 5.73 Å². The van der Waals surface area contributed by atoms with Gasteiger partial charge in [0.1, 0.15) is 0 Å². The molecule has 28 heavy (non-hydrogen) atoms. The molecule has 0 spiro atoms. The number of nitrogens with zero attached hydrogens (tertiary/aromatic N) is 1. The highest BCUT2D eigenvalue weighted by atomic mass is 19.2. The lowest BCUT2D eigenvalue weighted by Gasteiger charge is -2.10. The third-order valence-corrected chi connectivity index (χ3v) is 5.01. The molecular weight excluding hydrogens is 365 g/mol. The van der Waals surface area contributed by atoms with Gasteiger partial charge in [-0.2, -0.15) is 0 Å². The quantitative estimate of drug-likeness (QED) is 0.500. The summed E-state index contributed by atoms with van der Waals surface area (Å²) in [6.45, 7) is 2.14. The van der Waals surface area contributed by atoms with Gasteiger partial charge in [0.25, 0.3) is 0 Å². The molecule has 0 aliphatic heterocycles. The van der Waals surface area contributed by atoms with Crippen LogP contribution in [0.3, 0.4) is 0 Å². The van der Waals surface area contributed by atoms with Crippen LogP contribution in [0.2, 0.25) is 0 Å². The number of aryl methyl sites for hydroxylation is 1. The zero-order valence-corrected chi connectivity index (χ0v) is 15.1. The molecular formula is C22H17F3N2O. The highest BCUT2D eigenvalue weighted by Crippen LogP contribution is 2.33. The van der Waals surface area contributed by atoms with Gasteiger partial charge in [-0.25, -0.2) is 13.2 Å². The Morgan fingerprint density at radius 1 is 0.964 bits per heavy atom. The number of fused-ring (bicyclic) bond motifs is 3. The number of benzene rings is 3. The summed E-state index contributed by atoms with van der Waals surface area (Å²) in [5.41, 5.74) is 8.82. The zero-order chi connectivity index (χ0) is 20.0. The molecule has 142 valence electrons. The van der Waals surface area contributed by atoms with Crippen molar-refractivity contribution in [3.8, 4) is 0 Å². The van der Waals surface area contributed by atoms with Crippen LogP contribution in [0.4, 0.5) is 13.2 Å². The SMILES string of the molecule is CCc1ccc2c3c(C(N)=O)cccc3n(Cc3cc(F)c(F)c(F)c3)c2c1. The molecule has 1 heterocycles. The Kier molecular flexibility index (Phi) is 4.34. The number of nitrogens with two attached hydrogens (primary N) is 1. The highest BCUT2D eigenvalue weighted by molar-refractivity contribution is 6.17. The number of hydrogen-bond donors (Lipinski definition) is 1. The number of carbonyl (C=O) groups is 1. The van der Waals surface area contributed by atoms with E-state index in [0.717, 1.165) is 35.0 Å². The Bertz CT molecular complexity index is 1220. The van der Waals surface area contributed by atoms with Crippen LogP contribution in [0.25, 0.3) is 21.8 Å². The number of halogens is 3. The summed E-state index contributed by atoms with van der Waals surface area (Å²) in [6, 6.07) is 13.0. The molecule has 0 saturated carbocycles. The second-order valence-electron chi connectivity index (χ2n) is 6.73. The summed E-state index contributed by atoms with van der Waals surface area (Å²) in [5.74, 6) is -4.51. The predicted molar refractivity (Wildman–Crippen MR) is 103 cm³/mol. The van der Waals surface area contributed by atoms with E-state index in [1.807, 2.05) is 35.8 Å². The van der Waals surface area contributed by atoms with Gasteiger partial charge in [-0.3, -0.25) is 4.79 Å². The first kappa shape index (κ1) is 18.1. The van der Waals surface area contributed by atoms with E-state index in [1.165, 1.54) is 0 Å². The molecule has 0 aliphatic carbocycles. The highest BCUT2D eigenvalue weighted by Gasteiger charge is 2.18. The van der Waals surface area contributed by atoms with Crippen LogP contribution in [-0.4, -0.2) is 10.5 Å². The Balaban J connectivity index is 2.03. The van der Waals surface area contributed by atoms with Crippen molar-refractivity contribution >= 4 is 27.7 Å². The van der Waals surface area contributed by atoms with Gasteiger partial charge in [-0.1, -0.05) is 25.1 Å². The molecule has 0 fully saturated rings. The normalized spacial score (nSPS) is 11.4. The lowest BCUT2D eigenvalue weighted by atomic mass is 10.0. The Hall–Kier alpha value is -3.28. The van der Waals surface area contributed by atoms with Gasteiger partial charge in [-0.15, -0.1) is 0 Å². The summed E-state index contributed by atoms with van der Waals surface area (Å²) in [7, 11) is 0. The number of hydrogen-bond acceptors (Lipinski definition) is 1. The van der Waals surface area contributed by atoms with Crippen LogP contribution in [0.5, 0.6) is 0 Å². The van der Waals surface area contributed by atoms with Gasteiger partial charge < -0.3 is 10.3 Å². The molecule has 2 N–H and O–H groups in total. The fourth-order valence-electron chi connectivity index (χ4n) is 3.67. The minimum Gasteiger partial charge on any atom is -0.366 e. The molecule has 0 unspecified atom stereocenters. The molecule has 1 aromatic heterocycles. The van der Waals surface area contributed by atoms with Crippen molar-refractivity contribution in [2.45, 2.75) is 19.9 Å². The maximum absolute atomic E-state index is 13.7. The minimum absolute atomic E-state index is 0.115. The third kappa shape index (κ3) is 2.81. The summed E-state index contributed by atoms with van der Waals surface area (Å²) >= 11 is 0. The lowest BCUT2D eigenvalue weighted by Crippen LogP contribution is -2.11. The number of carbonyl (C=O) groups excluding carboxylic acids is 1. The molecule has 3 nitrogen and oxygen atoms in total. The van der Waals surface area contributed by atoms with Gasteiger partial charge in [-0.05, 0) is 47.9 Å². The first-order valence-electron chi connectivity index (χ1n) is 8.87. The first-order valence-corrected chi connectivity index (χ1v) is 8.87. The summed E-state index contributed by atoms with van der Waals surface area (Å²) in [6.07, 6.45) is 0.806. The first-order chi connectivity index (χ1) is 13.4. The molecule has 4 aromatic rings. The van der Waals surface area contributed by atoms with E-state index in [0.29, 0.717) is 16.5 Å². The average Bonchev–Trinajstić information content (AvgIpc) is 2.99. The van der Waals surface area contributed by atoms with Crippen molar-refractivity contribution in [2.24, 2.45) is 5.73 Å².